The van der Waals surface area contributed by atoms with Gasteiger partial charge in [0.15, 0.2) is 6.10 Å². The number of halogens is 6. The fourth-order valence-electron chi connectivity index (χ4n) is 2.76. The summed E-state index contributed by atoms with van der Waals surface area (Å²) in [7, 11) is -10.7. The Morgan fingerprint density at radius 2 is 1.62 bits per heavy atom. The molecule has 0 aliphatic carbocycles. The number of carbonyl (C=O) groups is 1. The van der Waals surface area contributed by atoms with Gasteiger partial charge in [-0.15, -0.1) is 0 Å². The van der Waals surface area contributed by atoms with Gasteiger partial charge in [0.1, 0.15) is 5.69 Å². The molecule has 26 heavy (non-hydrogen) atoms. The average molecular weight is 406 g/mol. The predicted octanol–water partition coefficient (Wildman–Crippen LogP) is 3.78. The van der Waals surface area contributed by atoms with Gasteiger partial charge in [-0.3, -0.25) is 4.79 Å². The van der Waals surface area contributed by atoms with Crippen molar-refractivity contribution in [1.82, 2.24) is 5.32 Å². The normalized spacial score (nSPS) is 23.1. The van der Waals surface area contributed by atoms with Crippen LogP contribution in [0.4, 0.5) is 30.9 Å². The number of nitrogens with one attached hydrogen (secondary N) is 2. The minimum atomic E-state index is -10.7. The zero-order valence-corrected chi connectivity index (χ0v) is 14.8. The number of ether oxygens (including phenoxy) is 1. The zero-order chi connectivity index (χ0) is 19.5. The fraction of sp³-hybridized carbons (Fsp3) is 0.533. The van der Waals surface area contributed by atoms with Crippen molar-refractivity contribution in [2.75, 3.05) is 19.7 Å². The number of amides is 1. The van der Waals surface area contributed by atoms with Crippen molar-refractivity contribution in [2.24, 2.45) is 0 Å². The Labute approximate surface area is 146 Å². The summed E-state index contributed by atoms with van der Waals surface area (Å²) in [6.07, 6.45) is 3.74. The van der Waals surface area contributed by atoms with E-state index in [4.69, 9.17) is 4.74 Å². The molecule has 11 heteroatoms. The van der Waals surface area contributed by atoms with E-state index in [1.165, 1.54) is 43.6 Å². The van der Waals surface area contributed by atoms with E-state index in [0.29, 0.717) is 13.2 Å². The van der Waals surface area contributed by atoms with Crippen molar-refractivity contribution in [3.8, 4) is 0 Å². The first-order chi connectivity index (χ1) is 11.8. The van der Waals surface area contributed by atoms with Crippen molar-refractivity contribution >= 4 is 19.4 Å². The number of piperidine rings is 1. The molecule has 0 saturated carbocycles. The molecule has 0 bridgehead atoms. The molecule has 2 heterocycles. The molecule has 1 unspecified atom stereocenters. The van der Waals surface area contributed by atoms with Gasteiger partial charge in [0.2, 0.25) is 0 Å². The van der Waals surface area contributed by atoms with Gasteiger partial charge in [-0.25, -0.2) is 0 Å². The van der Waals surface area contributed by atoms with Gasteiger partial charge in [0, 0.05) is 12.1 Å². The van der Waals surface area contributed by atoms with Crippen LogP contribution in [0.3, 0.4) is 0 Å². The monoisotopic (exact) mass is 406 g/mol. The molecule has 1 amide bonds. The van der Waals surface area contributed by atoms with Crippen LogP contribution in [0.15, 0.2) is 24.3 Å². The Bertz CT molecular complexity index is 631. The van der Waals surface area contributed by atoms with Gasteiger partial charge in [-0.05, 0) is 25.3 Å². The molecular formula is C15H21F6N2O2P. The van der Waals surface area contributed by atoms with Gasteiger partial charge >= 0.3 is 33.0 Å². The number of quaternary nitrogens is 1. The van der Waals surface area contributed by atoms with E-state index >= 15 is 0 Å². The Balaban J connectivity index is 0.000000298. The molecule has 0 radical (unpaired) electrons. The van der Waals surface area contributed by atoms with E-state index in [9.17, 15) is 30.0 Å². The molecule has 0 spiro atoms. The van der Waals surface area contributed by atoms with E-state index in [1.807, 2.05) is 6.07 Å². The first kappa shape index (κ1) is 20.9. The van der Waals surface area contributed by atoms with Crippen molar-refractivity contribution in [2.45, 2.75) is 31.9 Å². The van der Waals surface area contributed by atoms with Crippen molar-refractivity contribution in [1.29, 1.82) is 0 Å². The van der Waals surface area contributed by atoms with E-state index in [2.05, 4.69) is 23.5 Å². The maximum Gasteiger partial charge on any atom is 0.251 e. The number of rotatable bonds is 4. The number of hydrogen-bond acceptors (Lipinski definition) is 2. The zero-order valence-electron chi connectivity index (χ0n) is 13.9. The molecule has 3 rings (SSSR count). The molecule has 0 aromatic heterocycles. The van der Waals surface area contributed by atoms with Crippen molar-refractivity contribution in [3.63, 3.8) is 0 Å². The first-order valence-electron chi connectivity index (χ1n) is 8.18. The third-order valence-corrected chi connectivity index (χ3v) is 3.93. The molecule has 2 N–H and O–H groups in total. The second-order valence-electron chi connectivity index (χ2n) is 6.32. The van der Waals surface area contributed by atoms with Gasteiger partial charge in [-0.2, -0.15) is 0 Å². The quantitative estimate of drug-likeness (QED) is 0.454. The van der Waals surface area contributed by atoms with E-state index < -0.39 is 7.81 Å². The topological polar surface area (TPSA) is 46.1 Å². The number of para-hydroxylation sites is 1. The number of carbonyl (C=O) groups excluding carboxylic acids is 1. The molecule has 150 valence electrons. The van der Waals surface area contributed by atoms with Crippen LogP contribution < -0.4 is 10.2 Å². The van der Waals surface area contributed by atoms with Crippen molar-refractivity contribution in [3.05, 3.63) is 29.8 Å². The molecule has 2 aliphatic heterocycles. The molecule has 2 fully saturated rings. The Kier molecular flexibility index (Phi) is 5.62. The SMILES string of the molecule is F[P-](F)(F)(F)(F)F.O=C(NCc1ccccc1[NH+]1CCCCC1)C1CO1. The van der Waals surface area contributed by atoms with Crippen molar-refractivity contribution < 1.29 is 39.6 Å². The van der Waals surface area contributed by atoms with Gasteiger partial charge in [0.25, 0.3) is 5.91 Å². The van der Waals surface area contributed by atoms with Gasteiger partial charge in [-0.1, -0.05) is 18.2 Å². The van der Waals surface area contributed by atoms with E-state index in [-0.39, 0.29) is 12.0 Å². The Morgan fingerprint density at radius 3 is 2.15 bits per heavy atom. The summed E-state index contributed by atoms with van der Waals surface area (Å²) in [5.74, 6) is 0.0171. The third-order valence-electron chi connectivity index (χ3n) is 3.93. The summed E-state index contributed by atoms with van der Waals surface area (Å²) in [6, 6.07) is 8.44. The van der Waals surface area contributed by atoms with Crippen LogP contribution in [0.25, 0.3) is 0 Å². The summed E-state index contributed by atoms with van der Waals surface area (Å²) in [5.41, 5.74) is 2.58. The number of epoxide rings is 1. The third kappa shape index (κ3) is 9.35. The minimum Gasteiger partial charge on any atom is -0.363 e. The molecule has 1 atom stereocenters. The molecular weight excluding hydrogens is 385 g/mol. The van der Waals surface area contributed by atoms with E-state index in [1.54, 1.807) is 4.90 Å². The van der Waals surface area contributed by atoms with Crippen LogP contribution in [-0.2, 0) is 16.1 Å². The van der Waals surface area contributed by atoms with Crippen LogP contribution in [-0.4, -0.2) is 31.7 Å². The Hall–Kier alpha value is -1.38. The second-order valence-corrected chi connectivity index (χ2v) is 8.24. The molecule has 1 aromatic rings. The Morgan fingerprint density at radius 1 is 1.08 bits per heavy atom. The van der Waals surface area contributed by atoms with Gasteiger partial charge < -0.3 is 15.0 Å². The fourth-order valence-corrected chi connectivity index (χ4v) is 2.76. The number of benzene rings is 1. The summed E-state index contributed by atoms with van der Waals surface area (Å²) < 4.78 is 64.2. The summed E-state index contributed by atoms with van der Waals surface area (Å²) in [4.78, 5) is 13.2. The largest absolute Gasteiger partial charge is 0.363 e. The smallest absolute Gasteiger partial charge is 0.251 e. The maximum atomic E-state index is 11.6. The van der Waals surface area contributed by atoms with Crippen LogP contribution in [0.1, 0.15) is 24.8 Å². The van der Waals surface area contributed by atoms with Crippen LogP contribution in [0.2, 0.25) is 0 Å². The molecule has 2 aliphatic rings. The summed E-state index contributed by atoms with van der Waals surface area (Å²) in [6.45, 7) is 3.59. The molecule has 2 saturated heterocycles. The maximum absolute atomic E-state index is 11.6. The molecule has 1 aromatic carbocycles. The average Bonchev–Trinajstić information content (AvgIpc) is 3.36. The van der Waals surface area contributed by atoms with E-state index in [0.717, 1.165) is 0 Å². The minimum absolute atomic E-state index is 0.0171. The summed E-state index contributed by atoms with van der Waals surface area (Å²) in [5, 5.41) is 2.96. The number of hydrogen-bond donors (Lipinski definition) is 2. The molecule has 4 nitrogen and oxygen atoms in total. The predicted molar refractivity (Wildman–Crippen MR) is 85.8 cm³/mol. The first-order valence-corrected chi connectivity index (χ1v) is 10.2. The summed E-state index contributed by atoms with van der Waals surface area (Å²) >= 11 is 0. The van der Waals surface area contributed by atoms with Gasteiger partial charge in [0.05, 0.1) is 19.7 Å². The standard InChI is InChI=1S/C15H20N2O2.F6P/c18-15(14-11-19-14)16-10-12-6-2-3-7-13(12)17-8-4-1-5-9-17;1-7(2,3,4,5)6/h2-3,6-7,14H,1,4-5,8-11H2,(H,16,18);/q;-1/p+1. The van der Waals surface area contributed by atoms with Crippen LogP contribution in [0, 0.1) is 0 Å². The van der Waals surface area contributed by atoms with Crippen LogP contribution >= 0.6 is 7.81 Å². The van der Waals surface area contributed by atoms with Crippen LogP contribution in [0.5, 0.6) is 0 Å². The second kappa shape index (κ2) is 6.98.